The summed E-state index contributed by atoms with van der Waals surface area (Å²) in [6.07, 6.45) is 16.1. The number of esters is 1. The second-order valence-corrected chi connectivity index (χ2v) is 19.9. The number of ether oxygens (including phenoxy) is 1. The topological polar surface area (TPSA) is 26.3 Å². The van der Waals surface area contributed by atoms with Crippen molar-refractivity contribution in [2.45, 2.75) is 106 Å². The Hall–Kier alpha value is -2.55. The molecule has 1 aromatic carbocycles. The third kappa shape index (κ3) is 8.65. The van der Waals surface area contributed by atoms with Crippen molar-refractivity contribution in [1.29, 1.82) is 0 Å². The first kappa shape index (κ1) is 38.2. The lowest BCUT2D eigenvalue weighted by atomic mass is 9.95. The lowest BCUT2D eigenvalue weighted by molar-refractivity contribution is -0.134. The molecular formula is C44H52O2S5. The molecule has 0 spiro atoms. The van der Waals surface area contributed by atoms with Crippen LogP contribution in [0.15, 0.2) is 48.5 Å². The van der Waals surface area contributed by atoms with Crippen LogP contribution in [0.1, 0.15) is 104 Å². The van der Waals surface area contributed by atoms with E-state index >= 15 is 0 Å². The van der Waals surface area contributed by atoms with Gasteiger partial charge in [0.2, 0.25) is 0 Å². The smallest absolute Gasteiger partial charge is 0.330 e. The largest absolute Gasteiger partial charge is 0.466 e. The number of benzene rings is 1. The molecule has 0 amide bonds. The molecule has 0 aliphatic heterocycles. The Morgan fingerprint density at radius 1 is 0.686 bits per heavy atom. The molecule has 5 heterocycles. The first-order chi connectivity index (χ1) is 24.8. The van der Waals surface area contributed by atoms with Gasteiger partial charge in [0.15, 0.2) is 0 Å². The van der Waals surface area contributed by atoms with Gasteiger partial charge in [-0.2, -0.15) is 0 Å². The van der Waals surface area contributed by atoms with Gasteiger partial charge in [0, 0.05) is 71.5 Å². The number of rotatable bonds is 17. The number of fused-ring (bicyclic) bond motifs is 2. The Kier molecular flexibility index (Phi) is 13.1. The van der Waals surface area contributed by atoms with E-state index in [-0.39, 0.29) is 5.97 Å². The fourth-order valence-electron chi connectivity index (χ4n) is 7.27. The third-order valence-electron chi connectivity index (χ3n) is 10.2. The minimum Gasteiger partial charge on any atom is -0.466 e. The van der Waals surface area contributed by atoms with E-state index < -0.39 is 0 Å². The van der Waals surface area contributed by atoms with Crippen LogP contribution in [-0.2, 0) is 22.4 Å². The third-order valence-corrected chi connectivity index (χ3v) is 15.9. The zero-order valence-corrected chi connectivity index (χ0v) is 35.4. The molecule has 0 fully saturated rings. The fourth-order valence-corrected chi connectivity index (χ4v) is 13.2. The molecule has 270 valence electrons. The van der Waals surface area contributed by atoms with Crippen molar-refractivity contribution in [3.63, 3.8) is 0 Å². The number of methoxy groups -OCH3 is 1. The van der Waals surface area contributed by atoms with Crippen LogP contribution in [0.25, 0.3) is 56.9 Å². The van der Waals surface area contributed by atoms with Gasteiger partial charge in [0.1, 0.15) is 0 Å². The normalized spacial score (nSPS) is 13.2. The maximum absolute atomic E-state index is 12.1. The zero-order chi connectivity index (χ0) is 36.1. The maximum Gasteiger partial charge on any atom is 0.330 e. The van der Waals surface area contributed by atoms with Gasteiger partial charge in [-0.25, -0.2) is 4.79 Å². The lowest BCUT2D eigenvalue weighted by Gasteiger charge is -2.13. The summed E-state index contributed by atoms with van der Waals surface area (Å²) in [7, 11) is 1.43. The van der Waals surface area contributed by atoms with Gasteiger partial charge < -0.3 is 4.74 Å². The summed E-state index contributed by atoms with van der Waals surface area (Å²) in [6, 6.07) is 16.7. The number of unbranched alkanes of at least 4 members (excludes halogenated alkanes) is 2. The number of hydrogen-bond acceptors (Lipinski definition) is 7. The molecule has 2 unspecified atom stereocenters. The van der Waals surface area contributed by atoms with Crippen LogP contribution in [0, 0.1) is 25.7 Å². The van der Waals surface area contributed by atoms with E-state index in [0.29, 0.717) is 0 Å². The summed E-state index contributed by atoms with van der Waals surface area (Å²) >= 11 is 9.68. The molecule has 5 aromatic heterocycles. The van der Waals surface area contributed by atoms with Crippen molar-refractivity contribution in [3.8, 4) is 30.6 Å². The number of carbonyl (C=O) groups excluding carboxylic acids is 1. The van der Waals surface area contributed by atoms with Crippen molar-refractivity contribution in [2.75, 3.05) is 7.11 Å². The molecule has 0 bridgehead atoms. The zero-order valence-electron chi connectivity index (χ0n) is 31.3. The molecular weight excluding hydrogens is 721 g/mol. The lowest BCUT2D eigenvalue weighted by Crippen LogP contribution is -2.01. The number of thiophene rings is 5. The van der Waals surface area contributed by atoms with Gasteiger partial charge in [-0.1, -0.05) is 79.1 Å². The van der Waals surface area contributed by atoms with Gasteiger partial charge in [-0.05, 0) is 92.6 Å². The van der Waals surface area contributed by atoms with E-state index in [4.69, 9.17) is 4.74 Å². The predicted octanol–water partition coefficient (Wildman–Crippen LogP) is 15.6. The number of carbonyl (C=O) groups is 1. The quantitative estimate of drug-likeness (QED) is 0.0682. The molecule has 0 saturated carbocycles. The highest BCUT2D eigenvalue weighted by Gasteiger charge is 2.25. The van der Waals surface area contributed by atoms with Crippen molar-refractivity contribution in [1.82, 2.24) is 0 Å². The molecule has 6 aromatic rings. The van der Waals surface area contributed by atoms with E-state index in [1.807, 2.05) is 62.8 Å². The minimum absolute atomic E-state index is 0.330. The summed E-state index contributed by atoms with van der Waals surface area (Å²) < 4.78 is 7.71. The van der Waals surface area contributed by atoms with Crippen molar-refractivity contribution in [2.24, 2.45) is 11.8 Å². The number of aryl methyl sites for hydroxylation is 2. The molecule has 2 nitrogen and oxygen atoms in total. The first-order valence-corrected chi connectivity index (χ1v) is 22.9. The molecule has 0 radical (unpaired) electrons. The van der Waals surface area contributed by atoms with E-state index in [1.165, 1.54) is 142 Å². The second-order valence-electron chi connectivity index (χ2n) is 14.0. The Morgan fingerprint density at radius 2 is 1.24 bits per heavy atom. The molecule has 0 N–H and O–H groups in total. The highest BCUT2D eigenvalue weighted by molar-refractivity contribution is 7.28. The monoisotopic (exact) mass is 772 g/mol. The maximum atomic E-state index is 12.1. The Morgan fingerprint density at radius 3 is 1.78 bits per heavy atom. The summed E-state index contributed by atoms with van der Waals surface area (Å²) in [5.74, 6) is 1.16. The SMILES string of the molecule is CCCCC(CC)Cc1ccc(-c2c3cc(-c4sc(C)cc4/C=C/C(=O)OC)sc3c(-c3ccc(CC(CC)CCCC)s3)c3cc(C)sc23)s1. The molecule has 0 aliphatic rings. The molecule has 7 heteroatoms. The van der Waals surface area contributed by atoms with Crippen LogP contribution >= 0.6 is 56.7 Å². The molecule has 51 heavy (non-hydrogen) atoms. The first-order valence-electron chi connectivity index (χ1n) is 18.8. The highest BCUT2D eigenvalue weighted by atomic mass is 32.1. The summed E-state index contributed by atoms with van der Waals surface area (Å²) in [5, 5.41) is 2.74. The Balaban J connectivity index is 1.53. The van der Waals surface area contributed by atoms with Gasteiger partial charge in [0.05, 0.1) is 12.0 Å². The van der Waals surface area contributed by atoms with E-state index in [9.17, 15) is 4.79 Å². The average molecular weight is 773 g/mol. The Bertz CT molecular complexity index is 2000. The van der Waals surface area contributed by atoms with E-state index in [2.05, 4.69) is 84.0 Å². The standard InChI is InChI=1S/C44H52O2S5/c1-8-12-14-29(10-3)24-32-17-19-36(49-32)40-34-23-28(6)48-43(34)41(37-20-18-33(50-37)25-30(11-4)15-13-9-2)35-26-38(51-44(35)40)42-31(22-27(5)47-42)16-21-39(45)46-7/h16-23,26,29-30H,8-15,24-25H2,1-7H3/b21-16+. The van der Waals surface area contributed by atoms with Crippen molar-refractivity contribution >= 4 is 88.9 Å². The molecule has 0 saturated heterocycles. The van der Waals surface area contributed by atoms with Crippen LogP contribution in [0.3, 0.4) is 0 Å². The minimum atomic E-state index is -0.330. The van der Waals surface area contributed by atoms with Gasteiger partial charge in [-0.3, -0.25) is 0 Å². The van der Waals surface area contributed by atoms with Crippen molar-refractivity contribution < 1.29 is 9.53 Å². The second kappa shape index (κ2) is 17.5. The van der Waals surface area contributed by atoms with Gasteiger partial charge in [-0.15, -0.1) is 56.7 Å². The molecule has 6 rings (SSSR count). The van der Waals surface area contributed by atoms with E-state index in [1.54, 1.807) is 6.08 Å². The van der Waals surface area contributed by atoms with Crippen LogP contribution in [-0.4, -0.2) is 13.1 Å². The number of hydrogen-bond donors (Lipinski definition) is 0. The summed E-state index contributed by atoms with van der Waals surface area (Å²) in [5.41, 5.74) is 3.86. The van der Waals surface area contributed by atoms with Crippen LogP contribution in [0.4, 0.5) is 0 Å². The molecule has 0 aliphatic carbocycles. The van der Waals surface area contributed by atoms with Crippen LogP contribution in [0.2, 0.25) is 0 Å². The van der Waals surface area contributed by atoms with E-state index in [0.717, 1.165) is 17.4 Å². The summed E-state index contributed by atoms with van der Waals surface area (Å²) in [4.78, 5) is 22.9. The average Bonchev–Trinajstić information content (AvgIpc) is 3.97. The van der Waals surface area contributed by atoms with Gasteiger partial charge in [0.25, 0.3) is 0 Å². The fraction of sp³-hybridized carbons (Fsp3) is 0.432. The van der Waals surface area contributed by atoms with Crippen LogP contribution in [0.5, 0.6) is 0 Å². The summed E-state index contributed by atoms with van der Waals surface area (Å²) in [6.45, 7) is 13.7. The highest BCUT2D eigenvalue weighted by Crippen LogP contribution is 2.54. The molecule has 2 atom stereocenters. The predicted molar refractivity (Wildman–Crippen MR) is 232 cm³/mol. The van der Waals surface area contributed by atoms with Gasteiger partial charge >= 0.3 is 5.97 Å². The van der Waals surface area contributed by atoms with Crippen molar-refractivity contribution in [3.05, 3.63) is 73.6 Å². The Labute approximate surface area is 325 Å². The van der Waals surface area contributed by atoms with Crippen LogP contribution < -0.4 is 0 Å².